The van der Waals surface area contributed by atoms with E-state index in [9.17, 15) is 9.59 Å². The molecule has 1 unspecified atom stereocenters. The number of pyridine rings is 1. The summed E-state index contributed by atoms with van der Waals surface area (Å²) in [6, 6.07) is 1.41. The molecule has 1 aromatic rings. The van der Waals surface area contributed by atoms with Crippen molar-refractivity contribution in [1.82, 2.24) is 9.88 Å². The Morgan fingerprint density at radius 2 is 2.12 bits per heavy atom. The number of aromatic nitrogens is 1. The third kappa shape index (κ3) is 3.33. The van der Waals surface area contributed by atoms with Crippen LogP contribution < -0.4 is 10.6 Å². The van der Waals surface area contributed by atoms with Gasteiger partial charge in [-0.3, -0.25) is 4.98 Å². The molecule has 0 aromatic carbocycles. The molecule has 0 bridgehead atoms. The molecule has 2 saturated heterocycles. The van der Waals surface area contributed by atoms with Gasteiger partial charge >= 0.3 is 12.2 Å². The van der Waals surface area contributed by atoms with Gasteiger partial charge in [0.2, 0.25) is 0 Å². The highest BCUT2D eigenvalue weighted by atomic mass is 16.6. The molecule has 0 aliphatic carbocycles. The molecule has 2 fully saturated rings. The summed E-state index contributed by atoms with van der Waals surface area (Å²) in [5.74, 6) is 0.0442. The second kappa shape index (κ2) is 6.09. The van der Waals surface area contributed by atoms with Gasteiger partial charge in [0, 0.05) is 25.2 Å². The number of nitrogens with zero attached hydrogens (tertiary/aromatic N) is 3. The van der Waals surface area contributed by atoms with Gasteiger partial charge in [-0.2, -0.15) is 0 Å². The van der Waals surface area contributed by atoms with E-state index in [1.54, 1.807) is 33.2 Å². The fourth-order valence-electron chi connectivity index (χ4n) is 3.37. The molecule has 2 aliphatic heterocycles. The first-order valence-corrected chi connectivity index (χ1v) is 8.34. The quantitative estimate of drug-likeness (QED) is 0.831. The highest BCUT2D eigenvalue weighted by Crippen LogP contribution is 2.35. The molecule has 2 amide bonds. The molecule has 0 radical (unpaired) electrons. The normalized spacial score (nSPS) is 26.2. The van der Waals surface area contributed by atoms with Crippen molar-refractivity contribution in [3.63, 3.8) is 0 Å². The Labute approximate surface area is 146 Å². The van der Waals surface area contributed by atoms with Crippen LogP contribution in [0.4, 0.5) is 21.0 Å². The molecule has 1 aromatic heterocycles. The predicted octanol–water partition coefficient (Wildman–Crippen LogP) is 2.24. The maximum Gasteiger partial charge on any atom is 0.420 e. The number of piperidine rings is 1. The van der Waals surface area contributed by atoms with Gasteiger partial charge in [-0.25, -0.2) is 14.5 Å². The number of rotatable bonds is 1. The average Bonchev–Trinajstić information content (AvgIpc) is 2.82. The maximum atomic E-state index is 12.5. The van der Waals surface area contributed by atoms with Crippen molar-refractivity contribution in [2.45, 2.75) is 45.4 Å². The molecular weight excluding hydrogens is 324 g/mol. The minimum atomic E-state index is -0.690. The van der Waals surface area contributed by atoms with Crippen LogP contribution in [0.15, 0.2) is 18.5 Å². The first kappa shape index (κ1) is 17.3. The van der Waals surface area contributed by atoms with Gasteiger partial charge < -0.3 is 20.1 Å². The smallest absolute Gasteiger partial charge is 0.420 e. The monoisotopic (exact) mass is 348 g/mol. The topological polar surface area (TPSA) is 98.0 Å². The van der Waals surface area contributed by atoms with Gasteiger partial charge in [0.15, 0.2) is 0 Å². The van der Waals surface area contributed by atoms with E-state index in [-0.39, 0.29) is 12.0 Å². The number of ether oxygens (including phenoxy) is 2. The molecule has 8 heteroatoms. The van der Waals surface area contributed by atoms with Crippen LogP contribution in [0.5, 0.6) is 0 Å². The minimum Gasteiger partial charge on any atom is -0.443 e. The van der Waals surface area contributed by atoms with Gasteiger partial charge in [0.25, 0.3) is 0 Å². The summed E-state index contributed by atoms with van der Waals surface area (Å²) in [4.78, 5) is 31.9. The molecule has 25 heavy (non-hydrogen) atoms. The van der Waals surface area contributed by atoms with Gasteiger partial charge in [-0.15, -0.1) is 0 Å². The molecule has 0 saturated carbocycles. The number of nitrogen functional groups attached to an aromatic ring is 1. The zero-order chi connectivity index (χ0) is 18.4. The number of fused-ring (bicyclic) bond motifs is 1. The molecule has 0 spiro atoms. The van der Waals surface area contributed by atoms with Gasteiger partial charge in [-0.05, 0) is 26.8 Å². The van der Waals surface area contributed by atoms with Crippen LogP contribution in [0.25, 0.3) is 0 Å². The number of carbonyl (C=O) groups excluding carboxylic acids is 2. The first-order chi connectivity index (χ1) is 11.7. The summed E-state index contributed by atoms with van der Waals surface area (Å²) < 4.78 is 10.8. The Morgan fingerprint density at radius 1 is 1.40 bits per heavy atom. The lowest BCUT2D eigenvalue weighted by Crippen LogP contribution is -2.56. The van der Waals surface area contributed by atoms with Crippen molar-refractivity contribution in [3.8, 4) is 0 Å². The lowest BCUT2D eigenvalue weighted by atomic mass is 9.92. The zero-order valence-electron chi connectivity index (χ0n) is 14.9. The summed E-state index contributed by atoms with van der Waals surface area (Å²) >= 11 is 0. The third-order valence-electron chi connectivity index (χ3n) is 4.38. The van der Waals surface area contributed by atoms with Gasteiger partial charge in [0.1, 0.15) is 17.7 Å². The number of imide groups is 1. The number of anilines is 2. The lowest BCUT2D eigenvalue weighted by molar-refractivity contribution is 0.0275. The fraction of sp³-hybridized carbons (Fsp3) is 0.588. The molecule has 3 atom stereocenters. The van der Waals surface area contributed by atoms with Crippen LogP contribution >= 0.6 is 0 Å². The molecule has 3 rings (SSSR count). The second-order valence-corrected chi connectivity index (χ2v) is 7.58. The third-order valence-corrected chi connectivity index (χ3v) is 4.38. The summed E-state index contributed by atoms with van der Waals surface area (Å²) in [7, 11) is 0. The van der Waals surface area contributed by atoms with Gasteiger partial charge in [-0.1, -0.05) is 6.92 Å². The molecule has 3 heterocycles. The van der Waals surface area contributed by atoms with Crippen LogP contribution in [0.2, 0.25) is 0 Å². The Morgan fingerprint density at radius 3 is 2.76 bits per heavy atom. The first-order valence-electron chi connectivity index (χ1n) is 8.34. The number of hydrogen-bond acceptors (Lipinski definition) is 7. The zero-order valence-corrected chi connectivity index (χ0v) is 14.9. The summed E-state index contributed by atoms with van der Waals surface area (Å²) in [6.45, 7) is 8.39. The molecule has 8 nitrogen and oxygen atoms in total. The Balaban J connectivity index is 1.86. The lowest BCUT2D eigenvalue weighted by Gasteiger charge is -2.40. The standard InChI is InChI=1S/C17H24N4O4/c1-10-8-20(12-5-6-19-7-11(12)18)9-13-14(10)24-15(22)21(13)16(23)25-17(2,3)4/h5-7,10,13-14H,8-9,18H2,1-4H3/t10?,13-,14+/m1/s1. The number of nitrogens with two attached hydrogens (primary N) is 1. The second-order valence-electron chi connectivity index (χ2n) is 7.58. The Bertz CT molecular complexity index is 687. The van der Waals surface area contributed by atoms with Crippen LogP contribution in [0.1, 0.15) is 27.7 Å². The van der Waals surface area contributed by atoms with Crippen LogP contribution in [-0.2, 0) is 9.47 Å². The molecule has 2 N–H and O–H groups in total. The fourth-order valence-corrected chi connectivity index (χ4v) is 3.37. The predicted molar refractivity (Wildman–Crippen MR) is 92.2 cm³/mol. The number of amides is 2. The van der Waals surface area contributed by atoms with Crippen molar-refractivity contribution in [2.24, 2.45) is 5.92 Å². The van der Waals surface area contributed by atoms with Crippen molar-refractivity contribution >= 4 is 23.6 Å². The van der Waals surface area contributed by atoms with E-state index in [1.165, 1.54) is 0 Å². The maximum absolute atomic E-state index is 12.5. The van der Waals surface area contributed by atoms with E-state index >= 15 is 0 Å². The van der Waals surface area contributed by atoms with Crippen LogP contribution in [0, 0.1) is 5.92 Å². The highest BCUT2D eigenvalue weighted by molar-refractivity contribution is 5.90. The summed E-state index contributed by atoms with van der Waals surface area (Å²) in [5, 5.41) is 0. The van der Waals surface area contributed by atoms with E-state index in [2.05, 4.69) is 9.88 Å². The number of carbonyl (C=O) groups is 2. The van der Waals surface area contributed by atoms with Gasteiger partial charge in [0.05, 0.1) is 17.6 Å². The van der Waals surface area contributed by atoms with Crippen LogP contribution in [-0.4, -0.2) is 52.9 Å². The van der Waals surface area contributed by atoms with Crippen molar-refractivity contribution in [3.05, 3.63) is 18.5 Å². The Hall–Kier alpha value is -2.51. The summed E-state index contributed by atoms with van der Waals surface area (Å²) in [6.07, 6.45) is 1.58. The van der Waals surface area contributed by atoms with Crippen molar-refractivity contribution < 1.29 is 19.1 Å². The largest absolute Gasteiger partial charge is 0.443 e. The van der Waals surface area contributed by atoms with Crippen LogP contribution in [0.3, 0.4) is 0 Å². The number of hydrogen-bond donors (Lipinski definition) is 1. The van der Waals surface area contributed by atoms with E-state index in [0.29, 0.717) is 18.8 Å². The Kier molecular flexibility index (Phi) is 4.22. The molecular formula is C17H24N4O4. The average molecular weight is 348 g/mol. The molecule has 136 valence electrons. The highest BCUT2D eigenvalue weighted by Gasteiger charge is 2.52. The van der Waals surface area contributed by atoms with E-state index in [4.69, 9.17) is 15.2 Å². The van der Waals surface area contributed by atoms with E-state index in [0.717, 1.165) is 10.6 Å². The van der Waals surface area contributed by atoms with Crippen molar-refractivity contribution in [1.29, 1.82) is 0 Å². The van der Waals surface area contributed by atoms with E-state index < -0.39 is 23.8 Å². The minimum absolute atomic E-state index is 0.0442. The van der Waals surface area contributed by atoms with E-state index in [1.807, 2.05) is 13.0 Å². The summed E-state index contributed by atoms with van der Waals surface area (Å²) in [5.41, 5.74) is 6.74. The van der Waals surface area contributed by atoms with Crippen molar-refractivity contribution in [2.75, 3.05) is 23.7 Å². The SMILES string of the molecule is CC1CN(c2ccncc2N)C[C@@H]2[C@H]1OC(=O)N2C(=O)OC(C)(C)C. The molecule has 2 aliphatic rings.